The first-order chi connectivity index (χ1) is 14.8. The van der Waals surface area contributed by atoms with Gasteiger partial charge in [0.15, 0.2) is 0 Å². The lowest BCUT2D eigenvalue weighted by atomic mass is 10.1. The molecule has 166 valence electrons. The topological polar surface area (TPSA) is 103 Å². The average Bonchev–Trinajstić information content (AvgIpc) is 3.38. The summed E-state index contributed by atoms with van der Waals surface area (Å²) in [5.41, 5.74) is 3.01. The number of nitrogens with zero attached hydrogens (tertiary/aromatic N) is 3. The number of ether oxygens (including phenoxy) is 1. The molecule has 0 aromatic heterocycles. The molecule has 0 radical (unpaired) electrons. The Labute approximate surface area is 181 Å². The quantitative estimate of drug-likeness (QED) is 0.647. The highest BCUT2D eigenvalue weighted by Gasteiger charge is 2.60. The van der Waals surface area contributed by atoms with Gasteiger partial charge in [0.2, 0.25) is 11.6 Å². The van der Waals surface area contributed by atoms with Crippen LogP contribution >= 0.6 is 0 Å². The average molecular weight is 428 g/mol. The van der Waals surface area contributed by atoms with Gasteiger partial charge in [0.1, 0.15) is 12.4 Å². The van der Waals surface area contributed by atoms with Crippen molar-refractivity contribution in [2.24, 2.45) is 16.8 Å². The van der Waals surface area contributed by atoms with Gasteiger partial charge in [-0.3, -0.25) is 19.4 Å². The molecule has 2 amide bonds. The number of aliphatic imine (C=N–C) groups is 1. The van der Waals surface area contributed by atoms with E-state index in [4.69, 9.17) is 4.74 Å². The maximum absolute atomic E-state index is 13.0. The summed E-state index contributed by atoms with van der Waals surface area (Å²) >= 11 is 0. The summed E-state index contributed by atoms with van der Waals surface area (Å²) in [5.74, 6) is -0.941. The Morgan fingerprint density at radius 3 is 2.74 bits per heavy atom. The van der Waals surface area contributed by atoms with Gasteiger partial charge in [-0.15, -0.1) is 0 Å². The van der Waals surface area contributed by atoms with Crippen LogP contribution in [0.2, 0.25) is 0 Å². The van der Waals surface area contributed by atoms with Crippen molar-refractivity contribution >= 4 is 24.1 Å². The number of carbonyl (C=O) groups is 3. The first-order valence-electron chi connectivity index (χ1n) is 10.7. The lowest BCUT2D eigenvalue weighted by Gasteiger charge is -2.28. The number of hydrogen-bond acceptors (Lipinski definition) is 7. The molecule has 1 saturated heterocycles. The summed E-state index contributed by atoms with van der Waals surface area (Å²) in [6.45, 7) is 4.36. The summed E-state index contributed by atoms with van der Waals surface area (Å²) in [4.78, 5) is 44.0. The van der Waals surface area contributed by atoms with Gasteiger partial charge < -0.3 is 15.0 Å². The third kappa shape index (κ3) is 4.14. The van der Waals surface area contributed by atoms with Gasteiger partial charge in [0.05, 0.1) is 19.1 Å². The second-order valence-electron chi connectivity index (χ2n) is 8.53. The summed E-state index contributed by atoms with van der Waals surface area (Å²) in [5, 5.41) is 4.63. The van der Waals surface area contributed by atoms with E-state index in [0.717, 1.165) is 5.56 Å². The maximum Gasteiger partial charge on any atom is 0.311 e. The van der Waals surface area contributed by atoms with Crippen LogP contribution in [0.25, 0.3) is 0 Å². The van der Waals surface area contributed by atoms with Gasteiger partial charge in [-0.05, 0) is 38.2 Å². The molecule has 3 aliphatic rings. The van der Waals surface area contributed by atoms with Gasteiger partial charge in [-0.1, -0.05) is 30.3 Å². The molecule has 1 saturated carbocycles. The van der Waals surface area contributed by atoms with Gasteiger partial charge >= 0.3 is 5.97 Å². The van der Waals surface area contributed by atoms with E-state index in [-0.39, 0.29) is 35.7 Å². The lowest BCUT2D eigenvalue weighted by molar-refractivity contribution is -0.146. The van der Waals surface area contributed by atoms with Crippen molar-refractivity contribution in [3.8, 4) is 0 Å². The van der Waals surface area contributed by atoms with E-state index >= 15 is 0 Å². The molecule has 1 aliphatic carbocycles. The van der Waals surface area contributed by atoms with Crippen molar-refractivity contribution in [3.63, 3.8) is 0 Å². The Kier molecular flexibility index (Phi) is 5.70. The highest BCUT2D eigenvalue weighted by Crippen LogP contribution is 2.48. The molecular weight excluding hydrogens is 398 g/mol. The monoisotopic (exact) mass is 427 g/mol. The van der Waals surface area contributed by atoms with Crippen LogP contribution in [0.1, 0.15) is 32.3 Å². The van der Waals surface area contributed by atoms with E-state index in [1.54, 1.807) is 37.1 Å². The fraction of sp³-hybridized carbons (Fsp3) is 0.545. The van der Waals surface area contributed by atoms with E-state index in [9.17, 15) is 14.4 Å². The highest BCUT2D eigenvalue weighted by molar-refractivity contribution is 5.94. The third-order valence-electron chi connectivity index (χ3n) is 6.33. The Bertz CT molecular complexity index is 891. The summed E-state index contributed by atoms with van der Waals surface area (Å²) in [6, 6.07) is 9.09. The number of amides is 2. The van der Waals surface area contributed by atoms with Crippen molar-refractivity contribution < 1.29 is 19.1 Å². The number of benzene rings is 1. The van der Waals surface area contributed by atoms with Crippen LogP contribution in [0.3, 0.4) is 0 Å². The van der Waals surface area contributed by atoms with Crippen molar-refractivity contribution in [1.29, 1.82) is 0 Å². The number of hydrazine groups is 1. The van der Waals surface area contributed by atoms with Crippen LogP contribution in [0, 0.1) is 11.8 Å². The van der Waals surface area contributed by atoms with E-state index in [1.807, 2.05) is 30.3 Å². The normalized spacial score (nSPS) is 31.8. The molecular formula is C22H29N5O4. The molecule has 0 bridgehead atoms. The zero-order valence-corrected chi connectivity index (χ0v) is 18.1. The van der Waals surface area contributed by atoms with Gasteiger partial charge in [0, 0.05) is 13.1 Å². The zero-order valence-electron chi connectivity index (χ0n) is 18.1. The van der Waals surface area contributed by atoms with Crippen LogP contribution < -0.4 is 10.7 Å². The molecule has 4 rings (SSSR count). The van der Waals surface area contributed by atoms with Crippen LogP contribution in [-0.4, -0.2) is 65.4 Å². The summed E-state index contributed by atoms with van der Waals surface area (Å²) < 4.78 is 5.13. The number of fused-ring (bicyclic) bond motifs is 1. The number of likely N-dealkylation sites (N-methyl/N-ethyl adjacent to an activating group) is 1. The lowest BCUT2D eigenvalue weighted by Crippen LogP contribution is -2.58. The molecule has 31 heavy (non-hydrogen) atoms. The van der Waals surface area contributed by atoms with Crippen molar-refractivity contribution in [3.05, 3.63) is 35.9 Å². The predicted molar refractivity (Wildman–Crippen MR) is 113 cm³/mol. The molecule has 5 atom stereocenters. The molecule has 2 fully saturated rings. The largest absolute Gasteiger partial charge is 0.466 e. The summed E-state index contributed by atoms with van der Waals surface area (Å²) in [7, 11) is 1.69. The molecule has 0 spiro atoms. The Morgan fingerprint density at radius 2 is 2.03 bits per heavy atom. The number of nitrogens with one attached hydrogen (secondary N) is 2. The van der Waals surface area contributed by atoms with E-state index < -0.39 is 11.7 Å². The number of likely N-dealkylation sites (tertiary alicyclic amines) is 1. The van der Waals surface area contributed by atoms with Crippen molar-refractivity contribution in [2.75, 3.05) is 13.7 Å². The van der Waals surface area contributed by atoms with E-state index in [1.165, 1.54) is 0 Å². The third-order valence-corrected chi connectivity index (χ3v) is 6.33. The minimum Gasteiger partial charge on any atom is -0.466 e. The molecule has 2 aliphatic heterocycles. The molecule has 9 nitrogen and oxygen atoms in total. The first-order valence-corrected chi connectivity index (χ1v) is 10.7. The van der Waals surface area contributed by atoms with Crippen LogP contribution in [0.15, 0.2) is 35.3 Å². The van der Waals surface area contributed by atoms with Gasteiger partial charge in [-0.25, -0.2) is 4.99 Å². The smallest absolute Gasteiger partial charge is 0.311 e. The molecule has 1 aromatic rings. The van der Waals surface area contributed by atoms with Crippen molar-refractivity contribution in [1.82, 2.24) is 20.7 Å². The standard InChI is InChI=1S/C22H29N5O4/c1-4-31-20(29)17-15-10-11-16(19(28)26(3)18(15)17)24-21(30)22(2)23-13-27(25-22)12-14-8-6-5-7-9-14/h5-9,13,15-18,25H,4,10-12H2,1-3H3,(H,24,30)/t15-,16+,17+,18-,22?/m1/s1. The number of esters is 1. The molecule has 2 heterocycles. The molecule has 1 unspecified atom stereocenters. The van der Waals surface area contributed by atoms with Crippen LogP contribution in [0.4, 0.5) is 0 Å². The van der Waals surface area contributed by atoms with E-state index in [2.05, 4.69) is 15.7 Å². The fourth-order valence-corrected chi connectivity index (χ4v) is 4.59. The van der Waals surface area contributed by atoms with Crippen LogP contribution in [0.5, 0.6) is 0 Å². The summed E-state index contributed by atoms with van der Waals surface area (Å²) in [6.07, 6.45) is 2.77. The Balaban J connectivity index is 1.34. The number of carbonyl (C=O) groups excluding carboxylic acids is 3. The predicted octanol–water partition coefficient (Wildman–Crippen LogP) is 0.666. The van der Waals surface area contributed by atoms with E-state index in [0.29, 0.717) is 26.0 Å². The molecule has 9 heteroatoms. The fourth-order valence-electron chi connectivity index (χ4n) is 4.59. The second kappa shape index (κ2) is 8.30. The zero-order chi connectivity index (χ0) is 22.2. The highest BCUT2D eigenvalue weighted by atomic mass is 16.5. The Hall–Kier alpha value is -2.94. The second-order valence-corrected chi connectivity index (χ2v) is 8.53. The molecule has 2 N–H and O–H groups in total. The van der Waals surface area contributed by atoms with Gasteiger partial charge in [0.25, 0.3) is 5.91 Å². The maximum atomic E-state index is 13.0. The molecule has 1 aromatic carbocycles. The minimum absolute atomic E-state index is 0.0921. The number of rotatable bonds is 6. The van der Waals surface area contributed by atoms with Crippen LogP contribution in [-0.2, 0) is 25.7 Å². The van der Waals surface area contributed by atoms with Crippen molar-refractivity contribution in [2.45, 2.75) is 51.0 Å². The van der Waals surface area contributed by atoms with Gasteiger partial charge in [-0.2, -0.15) is 5.43 Å². The SMILES string of the molecule is CCOC(=O)[C@H]1[C@H]2CC[C@H](NC(=O)C3(C)N=CN(Cc4ccccc4)N3)C(=O)N(C)[C@H]21. The first kappa shape index (κ1) is 21.3. The number of hydrogen-bond donors (Lipinski definition) is 2. The Morgan fingerprint density at radius 1 is 1.29 bits per heavy atom. The minimum atomic E-state index is -1.18.